The van der Waals surface area contributed by atoms with Gasteiger partial charge in [-0.3, -0.25) is 4.99 Å². The van der Waals surface area contributed by atoms with Gasteiger partial charge in [-0.2, -0.15) is 0 Å². The molecule has 0 fully saturated rings. The summed E-state index contributed by atoms with van der Waals surface area (Å²) in [6, 6.07) is 8.03. The van der Waals surface area contributed by atoms with Crippen molar-refractivity contribution in [2.45, 2.75) is 19.8 Å². The van der Waals surface area contributed by atoms with Gasteiger partial charge in [0.25, 0.3) is 0 Å². The quantitative estimate of drug-likeness (QED) is 0.871. The van der Waals surface area contributed by atoms with E-state index in [1.54, 1.807) is 11.3 Å². The van der Waals surface area contributed by atoms with Gasteiger partial charge < -0.3 is 10.1 Å². The van der Waals surface area contributed by atoms with E-state index in [4.69, 9.17) is 4.74 Å². The molecule has 112 valence electrons. The number of nitrogens with one attached hydrogen (secondary N) is 1. The van der Waals surface area contributed by atoms with Gasteiger partial charge in [-0.15, -0.1) is 28.3 Å². The Hall–Kier alpha value is -1.40. The first-order valence-electron chi connectivity index (χ1n) is 6.84. The molecule has 21 heavy (non-hydrogen) atoms. The van der Waals surface area contributed by atoms with Crippen molar-refractivity contribution in [1.29, 1.82) is 0 Å². The number of aliphatic imine (C=N–C) groups is 1. The van der Waals surface area contributed by atoms with Crippen LogP contribution in [0.5, 0.6) is 5.75 Å². The summed E-state index contributed by atoms with van der Waals surface area (Å²) in [6.07, 6.45) is 2.16. The van der Waals surface area contributed by atoms with Crippen LogP contribution in [0.2, 0.25) is 0 Å². The number of aromatic nitrogens is 1. The van der Waals surface area contributed by atoms with E-state index in [2.05, 4.69) is 20.7 Å². The lowest BCUT2D eigenvalue weighted by atomic mass is 10.2. The Balaban J connectivity index is 0.00000161. The van der Waals surface area contributed by atoms with Crippen molar-refractivity contribution in [3.63, 3.8) is 0 Å². The molecule has 0 saturated heterocycles. The maximum atomic E-state index is 5.44. The molecule has 0 saturated carbocycles. The second-order valence-corrected chi connectivity index (χ2v) is 5.41. The fourth-order valence-electron chi connectivity index (χ4n) is 2.12. The minimum absolute atomic E-state index is 0. The molecule has 1 aromatic heterocycles. The van der Waals surface area contributed by atoms with E-state index < -0.39 is 0 Å². The number of rotatable bonds is 4. The molecule has 1 aliphatic rings. The monoisotopic (exact) mass is 367 g/mol. The Morgan fingerprint density at radius 1 is 1.29 bits per heavy atom. The average Bonchev–Trinajstić information content (AvgIpc) is 3.12. The van der Waals surface area contributed by atoms with E-state index >= 15 is 0 Å². The minimum atomic E-state index is 0. The summed E-state index contributed by atoms with van der Waals surface area (Å²) in [5.74, 6) is 1.95. The zero-order valence-corrected chi connectivity index (χ0v) is 14.4. The molecule has 4 nitrogen and oxygen atoms in total. The topological polar surface area (TPSA) is 46.5 Å². The molecule has 0 unspecified atom stereocenters. The van der Waals surface area contributed by atoms with Gasteiger partial charge in [0.15, 0.2) is 5.13 Å². The van der Waals surface area contributed by atoms with Crippen molar-refractivity contribution in [2.75, 3.05) is 18.5 Å². The summed E-state index contributed by atoms with van der Waals surface area (Å²) < 4.78 is 5.44. The van der Waals surface area contributed by atoms with Crippen LogP contribution in [0.3, 0.4) is 0 Å². The van der Waals surface area contributed by atoms with E-state index in [0.717, 1.165) is 47.4 Å². The van der Waals surface area contributed by atoms with Crippen LogP contribution in [-0.2, 0) is 0 Å². The second-order valence-electron chi connectivity index (χ2n) is 4.55. The normalized spacial score (nSPS) is 13.5. The van der Waals surface area contributed by atoms with Crippen LogP contribution in [-0.4, -0.2) is 24.0 Å². The van der Waals surface area contributed by atoms with E-state index in [9.17, 15) is 0 Å². The van der Waals surface area contributed by atoms with Gasteiger partial charge in [0.2, 0.25) is 0 Å². The van der Waals surface area contributed by atoms with Crippen LogP contribution in [0.25, 0.3) is 11.3 Å². The van der Waals surface area contributed by atoms with Gasteiger partial charge in [-0.1, -0.05) is 0 Å². The zero-order valence-electron chi connectivity index (χ0n) is 11.8. The number of amidine groups is 1. The molecule has 1 aliphatic heterocycles. The van der Waals surface area contributed by atoms with Crippen LogP contribution in [0.15, 0.2) is 34.6 Å². The van der Waals surface area contributed by atoms with E-state index in [0.29, 0.717) is 6.61 Å². The van der Waals surface area contributed by atoms with Gasteiger partial charge in [0.05, 0.1) is 12.3 Å². The molecule has 1 aromatic carbocycles. The molecule has 0 aliphatic carbocycles. The van der Waals surface area contributed by atoms with Gasteiger partial charge in [-0.25, -0.2) is 4.98 Å². The SMILES string of the molecule is Br.CCOc1ccc(-c2csc(NC3=NCCC3)n2)cc1. The van der Waals surface area contributed by atoms with Crippen molar-refractivity contribution in [1.82, 2.24) is 4.98 Å². The highest BCUT2D eigenvalue weighted by atomic mass is 79.9. The molecule has 3 rings (SSSR count). The summed E-state index contributed by atoms with van der Waals surface area (Å²) in [5, 5.41) is 6.27. The number of hydrogen-bond donors (Lipinski definition) is 1. The molecule has 2 heterocycles. The van der Waals surface area contributed by atoms with Crippen molar-refractivity contribution < 1.29 is 4.74 Å². The Morgan fingerprint density at radius 2 is 2.10 bits per heavy atom. The molecule has 0 atom stereocenters. The van der Waals surface area contributed by atoms with Crippen LogP contribution >= 0.6 is 28.3 Å². The molecule has 0 bridgehead atoms. The smallest absolute Gasteiger partial charge is 0.188 e. The molecule has 6 heteroatoms. The number of hydrogen-bond acceptors (Lipinski definition) is 5. The standard InChI is InChI=1S/C15H17N3OS.BrH/c1-2-19-12-7-5-11(6-8-12)13-10-20-15(17-13)18-14-4-3-9-16-14;/h5-8,10H,2-4,9H2,1H3,(H,16,17,18);1H. The molecular formula is C15H18BrN3OS. The lowest BCUT2D eigenvalue weighted by molar-refractivity contribution is 0.340. The van der Waals surface area contributed by atoms with Crippen molar-refractivity contribution >= 4 is 39.3 Å². The molecule has 1 N–H and O–H groups in total. The maximum absolute atomic E-state index is 5.44. The Morgan fingerprint density at radius 3 is 2.76 bits per heavy atom. The van der Waals surface area contributed by atoms with Gasteiger partial charge in [-0.05, 0) is 37.6 Å². The fourth-order valence-corrected chi connectivity index (χ4v) is 2.86. The Bertz CT molecular complexity index is 610. The zero-order chi connectivity index (χ0) is 13.8. The second kappa shape index (κ2) is 7.56. The highest BCUT2D eigenvalue weighted by Crippen LogP contribution is 2.27. The highest BCUT2D eigenvalue weighted by molar-refractivity contribution is 8.93. The molecule has 0 radical (unpaired) electrons. The predicted molar refractivity (Wildman–Crippen MR) is 94.2 cm³/mol. The third kappa shape index (κ3) is 4.04. The Labute approximate surface area is 139 Å². The lowest BCUT2D eigenvalue weighted by Gasteiger charge is -2.03. The van der Waals surface area contributed by atoms with E-state index in [1.165, 1.54) is 0 Å². The summed E-state index contributed by atoms with van der Waals surface area (Å²) in [5.41, 5.74) is 2.09. The third-order valence-electron chi connectivity index (χ3n) is 3.09. The summed E-state index contributed by atoms with van der Waals surface area (Å²) in [7, 11) is 0. The Kier molecular flexibility index (Phi) is 5.76. The van der Waals surface area contributed by atoms with E-state index in [-0.39, 0.29) is 17.0 Å². The van der Waals surface area contributed by atoms with Crippen molar-refractivity contribution in [3.05, 3.63) is 29.6 Å². The van der Waals surface area contributed by atoms with Gasteiger partial charge in [0, 0.05) is 23.9 Å². The van der Waals surface area contributed by atoms with Gasteiger partial charge >= 0.3 is 0 Å². The number of nitrogens with zero attached hydrogens (tertiary/aromatic N) is 2. The molecular weight excluding hydrogens is 350 g/mol. The molecule has 2 aromatic rings. The number of halogens is 1. The summed E-state index contributed by atoms with van der Waals surface area (Å²) in [4.78, 5) is 9.01. The number of anilines is 1. The van der Waals surface area contributed by atoms with Crippen molar-refractivity contribution in [2.24, 2.45) is 4.99 Å². The third-order valence-corrected chi connectivity index (χ3v) is 3.85. The first kappa shape index (κ1) is 16.0. The first-order chi connectivity index (χ1) is 9.85. The number of thiazole rings is 1. The van der Waals surface area contributed by atoms with Crippen LogP contribution in [0.4, 0.5) is 5.13 Å². The lowest BCUT2D eigenvalue weighted by Crippen LogP contribution is -2.07. The highest BCUT2D eigenvalue weighted by Gasteiger charge is 2.09. The summed E-state index contributed by atoms with van der Waals surface area (Å²) >= 11 is 1.61. The average molecular weight is 368 g/mol. The van der Waals surface area contributed by atoms with Crippen molar-refractivity contribution in [3.8, 4) is 17.0 Å². The van der Waals surface area contributed by atoms with Gasteiger partial charge in [0.1, 0.15) is 11.6 Å². The largest absolute Gasteiger partial charge is 0.494 e. The van der Waals surface area contributed by atoms with Crippen LogP contribution in [0, 0.1) is 0 Å². The minimum Gasteiger partial charge on any atom is -0.494 e. The van der Waals surface area contributed by atoms with Crippen LogP contribution < -0.4 is 10.1 Å². The summed E-state index contributed by atoms with van der Waals surface area (Å²) in [6.45, 7) is 3.60. The first-order valence-corrected chi connectivity index (χ1v) is 7.72. The number of ether oxygens (including phenoxy) is 1. The molecule has 0 amide bonds. The number of benzene rings is 1. The fraction of sp³-hybridized carbons (Fsp3) is 0.333. The predicted octanol–water partition coefficient (Wildman–Crippen LogP) is 4.39. The molecule has 0 spiro atoms. The maximum Gasteiger partial charge on any atom is 0.188 e. The van der Waals surface area contributed by atoms with Crippen LogP contribution in [0.1, 0.15) is 19.8 Å². The van der Waals surface area contributed by atoms with E-state index in [1.807, 2.05) is 31.2 Å².